The first-order valence-electron chi connectivity index (χ1n) is 4.16. The summed E-state index contributed by atoms with van der Waals surface area (Å²) in [6, 6.07) is 0.542. The topological polar surface area (TPSA) is 49.5 Å². The van der Waals surface area contributed by atoms with E-state index in [1.807, 2.05) is 7.05 Å². The second kappa shape index (κ2) is 5.52. The highest BCUT2D eigenvalue weighted by molar-refractivity contribution is 4.62. The highest BCUT2D eigenvalue weighted by atomic mass is 16.3. The van der Waals surface area contributed by atoms with Crippen molar-refractivity contribution in [2.24, 2.45) is 5.73 Å². The predicted octanol–water partition coefficient (Wildman–Crippen LogP) is 0.0363. The van der Waals surface area contributed by atoms with Crippen LogP contribution in [0.15, 0.2) is 0 Å². The first-order valence-corrected chi connectivity index (χ1v) is 4.16. The Bertz CT molecular complexity index is 96.1. The Morgan fingerprint density at radius 1 is 1.45 bits per heavy atom. The van der Waals surface area contributed by atoms with Gasteiger partial charge >= 0.3 is 0 Å². The molecule has 0 aromatic carbocycles. The van der Waals surface area contributed by atoms with Crippen molar-refractivity contribution in [2.75, 3.05) is 20.1 Å². The molecule has 0 rings (SSSR count). The Morgan fingerprint density at radius 2 is 2.00 bits per heavy atom. The van der Waals surface area contributed by atoms with Crippen molar-refractivity contribution < 1.29 is 5.11 Å². The lowest BCUT2D eigenvalue weighted by Gasteiger charge is -2.21. The third-order valence-corrected chi connectivity index (χ3v) is 1.97. The van der Waals surface area contributed by atoms with E-state index in [0.717, 1.165) is 13.0 Å². The summed E-state index contributed by atoms with van der Waals surface area (Å²) in [7, 11) is 2.05. The third kappa shape index (κ3) is 5.18. The van der Waals surface area contributed by atoms with Crippen LogP contribution in [0.4, 0.5) is 0 Å². The van der Waals surface area contributed by atoms with Gasteiger partial charge in [-0.1, -0.05) is 0 Å². The predicted molar refractivity (Wildman–Crippen MR) is 47.4 cm³/mol. The van der Waals surface area contributed by atoms with Crippen LogP contribution in [0.2, 0.25) is 0 Å². The summed E-state index contributed by atoms with van der Waals surface area (Å²) in [5.41, 5.74) is 5.27. The first-order chi connectivity index (χ1) is 5.07. The number of hydrogen-bond donors (Lipinski definition) is 2. The van der Waals surface area contributed by atoms with Gasteiger partial charge in [0, 0.05) is 19.1 Å². The van der Waals surface area contributed by atoms with Crippen LogP contribution >= 0.6 is 0 Å². The molecule has 3 heteroatoms. The van der Waals surface area contributed by atoms with Crippen molar-refractivity contribution in [3.8, 4) is 0 Å². The van der Waals surface area contributed by atoms with Gasteiger partial charge in [-0.3, -0.25) is 0 Å². The first kappa shape index (κ1) is 10.9. The fourth-order valence-electron chi connectivity index (χ4n) is 0.729. The average Bonchev–Trinajstić information content (AvgIpc) is 1.99. The molecule has 11 heavy (non-hydrogen) atoms. The minimum atomic E-state index is -0.337. The van der Waals surface area contributed by atoms with Crippen LogP contribution in [0.3, 0.4) is 0 Å². The smallest absolute Gasteiger partial charge is 0.0674 e. The van der Waals surface area contributed by atoms with Crippen LogP contribution in [0.1, 0.15) is 20.3 Å². The Labute approximate surface area is 69.2 Å². The zero-order valence-corrected chi connectivity index (χ0v) is 7.75. The summed E-state index contributed by atoms with van der Waals surface area (Å²) in [6.07, 6.45) is 0.432. The minimum absolute atomic E-state index is 0.337. The second-order valence-electron chi connectivity index (χ2n) is 3.25. The van der Waals surface area contributed by atoms with E-state index in [0.29, 0.717) is 12.6 Å². The lowest BCUT2D eigenvalue weighted by atomic mass is 10.2. The van der Waals surface area contributed by atoms with Crippen molar-refractivity contribution in [3.63, 3.8) is 0 Å². The molecule has 0 aliphatic rings. The van der Waals surface area contributed by atoms with Gasteiger partial charge in [0.25, 0.3) is 0 Å². The van der Waals surface area contributed by atoms with E-state index >= 15 is 0 Å². The molecule has 0 aromatic rings. The van der Waals surface area contributed by atoms with Gasteiger partial charge in [0.05, 0.1) is 6.10 Å². The summed E-state index contributed by atoms with van der Waals surface area (Å²) < 4.78 is 0. The molecule has 0 spiro atoms. The third-order valence-electron chi connectivity index (χ3n) is 1.97. The highest BCUT2D eigenvalue weighted by Crippen LogP contribution is 1.97. The molecule has 0 radical (unpaired) electrons. The lowest BCUT2D eigenvalue weighted by Crippen LogP contribution is -2.31. The van der Waals surface area contributed by atoms with Crippen LogP contribution in [0, 0.1) is 0 Å². The van der Waals surface area contributed by atoms with Gasteiger partial charge in [0.1, 0.15) is 0 Å². The van der Waals surface area contributed by atoms with Crippen LogP contribution in [0.25, 0.3) is 0 Å². The second-order valence-corrected chi connectivity index (χ2v) is 3.25. The Morgan fingerprint density at radius 3 is 2.36 bits per heavy atom. The summed E-state index contributed by atoms with van der Waals surface area (Å²) >= 11 is 0. The fraction of sp³-hybridized carbons (Fsp3) is 1.00. The van der Waals surface area contributed by atoms with Gasteiger partial charge in [0.2, 0.25) is 0 Å². The summed E-state index contributed by atoms with van der Waals surface area (Å²) in [6.45, 7) is 5.55. The van der Waals surface area contributed by atoms with E-state index in [9.17, 15) is 0 Å². The van der Waals surface area contributed by atoms with E-state index < -0.39 is 0 Å². The molecule has 0 aliphatic carbocycles. The van der Waals surface area contributed by atoms with E-state index in [2.05, 4.69) is 18.7 Å². The number of hydrogen-bond acceptors (Lipinski definition) is 3. The van der Waals surface area contributed by atoms with Gasteiger partial charge < -0.3 is 15.7 Å². The molecular formula is C8H20N2O. The van der Waals surface area contributed by atoms with Gasteiger partial charge in [-0.2, -0.15) is 0 Å². The molecule has 0 saturated carbocycles. The quantitative estimate of drug-likeness (QED) is 0.597. The maximum Gasteiger partial charge on any atom is 0.0674 e. The summed E-state index contributed by atoms with van der Waals surface area (Å²) in [4.78, 5) is 2.19. The SMILES string of the molecule is CC(C)N(C)CC[C@H](O)CN. The fourth-order valence-corrected chi connectivity index (χ4v) is 0.729. The maximum atomic E-state index is 9.14. The van der Waals surface area contributed by atoms with Gasteiger partial charge in [-0.05, 0) is 27.3 Å². The summed E-state index contributed by atoms with van der Waals surface area (Å²) in [5.74, 6) is 0. The van der Waals surface area contributed by atoms with Crippen LogP contribution < -0.4 is 5.73 Å². The molecule has 0 unspecified atom stereocenters. The zero-order valence-electron chi connectivity index (χ0n) is 7.75. The molecule has 3 nitrogen and oxygen atoms in total. The molecule has 0 amide bonds. The highest BCUT2D eigenvalue weighted by Gasteiger charge is 2.05. The minimum Gasteiger partial charge on any atom is -0.392 e. The number of nitrogens with zero attached hydrogens (tertiary/aromatic N) is 1. The van der Waals surface area contributed by atoms with Crippen molar-refractivity contribution in [2.45, 2.75) is 32.4 Å². The molecule has 0 aromatic heterocycles. The molecular weight excluding hydrogens is 140 g/mol. The Kier molecular flexibility index (Phi) is 5.46. The van der Waals surface area contributed by atoms with Gasteiger partial charge in [0.15, 0.2) is 0 Å². The monoisotopic (exact) mass is 160 g/mol. The van der Waals surface area contributed by atoms with Crippen molar-refractivity contribution in [1.82, 2.24) is 4.90 Å². The van der Waals surface area contributed by atoms with Crippen molar-refractivity contribution in [3.05, 3.63) is 0 Å². The van der Waals surface area contributed by atoms with Crippen LogP contribution in [-0.4, -0.2) is 42.3 Å². The van der Waals surface area contributed by atoms with E-state index in [4.69, 9.17) is 10.8 Å². The Balaban J connectivity index is 3.37. The molecule has 0 aliphatic heterocycles. The largest absolute Gasteiger partial charge is 0.392 e. The molecule has 0 fully saturated rings. The van der Waals surface area contributed by atoms with E-state index in [1.54, 1.807) is 0 Å². The number of aliphatic hydroxyl groups is 1. The van der Waals surface area contributed by atoms with E-state index in [1.165, 1.54) is 0 Å². The number of nitrogens with two attached hydrogens (primary N) is 1. The van der Waals surface area contributed by atoms with Gasteiger partial charge in [-0.15, -0.1) is 0 Å². The molecule has 3 N–H and O–H groups in total. The molecule has 68 valence electrons. The Hall–Kier alpha value is -0.120. The van der Waals surface area contributed by atoms with E-state index in [-0.39, 0.29) is 6.10 Å². The lowest BCUT2D eigenvalue weighted by molar-refractivity contribution is 0.146. The van der Waals surface area contributed by atoms with Gasteiger partial charge in [-0.25, -0.2) is 0 Å². The standard InChI is InChI=1S/C8H20N2O/c1-7(2)10(3)5-4-8(11)6-9/h7-8,11H,4-6,9H2,1-3H3/t8-/m0/s1. The number of aliphatic hydroxyl groups excluding tert-OH is 1. The molecule has 1 atom stereocenters. The van der Waals surface area contributed by atoms with Crippen LogP contribution in [-0.2, 0) is 0 Å². The number of rotatable bonds is 5. The average molecular weight is 160 g/mol. The van der Waals surface area contributed by atoms with Crippen molar-refractivity contribution in [1.29, 1.82) is 0 Å². The molecule has 0 bridgehead atoms. The maximum absolute atomic E-state index is 9.14. The summed E-state index contributed by atoms with van der Waals surface area (Å²) in [5, 5.41) is 9.14. The van der Waals surface area contributed by atoms with Crippen LogP contribution in [0.5, 0.6) is 0 Å². The normalized spacial score (nSPS) is 14.5. The van der Waals surface area contributed by atoms with Crippen molar-refractivity contribution >= 4 is 0 Å². The molecule has 0 heterocycles. The zero-order chi connectivity index (χ0) is 8.85. The molecule has 0 saturated heterocycles.